The molecule has 3 rings (SSSR count). The maximum atomic E-state index is 12.0. The quantitative estimate of drug-likeness (QED) is 0.789. The Hall–Kier alpha value is -2.57. The lowest BCUT2D eigenvalue weighted by molar-refractivity contribution is -0.122. The lowest BCUT2D eigenvalue weighted by Crippen LogP contribution is -2.46. The molecule has 0 aliphatic carbocycles. The number of hydrogen-bond donors (Lipinski definition) is 3. The second kappa shape index (κ2) is 6.05. The van der Waals surface area contributed by atoms with Crippen LogP contribution >= 0.6 is 0 Å². The Labute approximate surface area is 127 Å². The topological polar surface area (TPSA) is 96.3 Å². The predicted octanol–water partition coefficient (Wildman–Crippen LogP) is 1.93. The zero-order valence-corrected chi connectivity index (χ0v) is 12.3. The number of nitrogens with zero attached hydrogens (tertiary/aromatic N) is 1. The van der Waals surface area contributed by atoms with E-state index in [4.69, 9.17) is 4.42 Å². The minimum absolute atomic E-state index is 0.129. The number of benzene rings is 1. The van der Waals surface area contributed by atoms with Crippen LogP contribution in [0.5, 0.6) is 0 Å². The number of rotatable bonds is 2. The highest BCUT2D eigenvalue weighted by Crippen LogP contribution is 2.19. The van der Waals surface area contributed by atoms with Crippen LogP contribution in [0.1, 0.15) is 25.2 Å². The van der Waals surface area contributed by atoms with Crippen LogP contribution in [0, 0.1) is 6.92 Å². The summed E-state index contributed by atoms with van der Waals surface area (Å²) in [5.74, 6) is 0.446. The van der Waals surface area contributed by atoms with Gasteiger partial charge in [0.1, 0.15) is 11.6 Å². The second-order valence-corrected chi connectivity index (χ2v) is 5.35. The van der Waals surface area contributed by atoms with E-state index in [0.29, 0.717) is 35.6 Å². The molecular weight excluding hydrogens is 284 g/mol. The summed E-state index contributed by atoms with van der Waals surface area (Å²) in [4.78, 5) is 28.1. The van der Waals surface area contributed by atoms with Gasteiger partial charge in [-0.3, -0.25) is 4.79 Å². The first-order valence-corrected chi connectivity index (χ1v) is 7.34. The molecule has 1 saturated heterocycles. The number of carbonyl (C=O) groups excluding carboxylic acids is 2. The van der Waals surface area contributed by atoms with Crippen LogP contribution in [-0.4, -0.2) is 29.5 Å². The lowest BCUT2D eigenvalue weighted by atomic mass is 10.1. The molecule has 1 aromatic carbocycles. The van der Waals surface area contributed by atoms with Gasteiger partial charge < -0.3 is 20.4 Å². The summed E-state index contributed by atoms with van der Waals surface area (Å²) in [5.41, 5.74) is 1.96. The van der Waals surface area contributed by atoms with E-state index in [1.54, 1.807) is 25.1 Å². The van der Waals surface area contributed by atoms with Gasteiger partial charge in [0.05, 0.1) is 0 Å². The average molecular weight is 302 g/mol. The number of urea groups is 1. The molecule has 1 atom stereocenters. The first kappa shape index (κ1) is 14.4. The zero-order chi connectivity index (χ0) is 15.5. The summed E-state index contributed by atoms with van der Waals surface area (Å²) < 4.78 is 5.38. The Balaban J connectivity index is 1.65. The molecule has 2 aromatic rings. The van der Waals surface area contributed by atoms with E-state index >= 15 is 0 Å². The number of aromatic nitrogens is 1. The number of nitrogens with one attached hydrogen (secondary N) is 3. The third kappa shape index (κ3) is 3.19. The van der Waals surface area contributed by atoms with Gasteiger partial charge in [-0.25, -0.2) is 9.78 Å². The highest BCUT2D eigenvalue weighted by Gasteiger charge is 2.22. The molecule has 1 aliphatic rings. The SMILES string of the molecule is Cc1nc2cc(NC(=O)N[C@H]3CCCCNC3=O)ccc2o1. The molecule has 7 nitrogen and oxygen atoms in total. The fourth-order valence-electron chi connectivity index (χ4n) is 2.52. The van der Waals surface area contributed by atoms with E-state index in [9.17, 15) is 9.59 Å². The maximum absolute atomic E-state index is 12.0. The van der Waals surface area contributed by atoms with Gasteiger partial charge in [0.2, 0.25) is 5.91 Å². The van der Waals surface area contributed by atoms with Crippen molar-refractivity contribution in [1.82, 2.24) is 15.6 Å². The molecule has 0 bridgehead atoms. The number of aryl methyl sites for hydroxylation is 1. The Kier molecular flexibility index (Phi) is 3.95. The van der Waals surface area contributed by atoms with Gasteiger partial charge in [-0.1, -0.05) is 0 Å². The average Bonchev–Trinajstić information content (AvgIpc) is 2.72. The van der Waals surface area contributed by atoms with E-state index in [1.165, 1.54) is 0 Å². The largest absolute Gasteiger partial charge is 0.441 e. The van der Waals surface area contributed by atoms with Crippen LogP contribution in [-0.2, 0) is 4.79 Å². The van der Waals surface area contributed by atoms with Crippen molar-refractivity contribution in [2.75, 3.05) is 11.9 Å². The van der Waals surface area contributed by atoms with Crippen molar-refractivity contribution in [2.45, 2.75) is 32.2 Å². The van der Waals surface area contributed by atoms with Gasteiger partial charge in [0.25, 0.3) is 0 Å². The van der Waals surface area contributed by atoms with Crippen LogP contribution in [0.3, 0.4) is 0 Å². The summed E-state index contributed by atoms with van der Waals surface area (Å²) in [6, 6.07) is 4.34. The van der Waals surface area contributed by atoms with Crippen LogP contribution < -0.4 is 16.0 Å². The Morgan fingerprint density at radius 3 is 3.14 bits per heavy atom. The van der Waals surface area contributed by atoms with E-state index < -0.39 is 12.1 Å². The molecular formula is C15H18N4O3. The van der Waals surface area contributed by atoms with E-state index in [-0.39, 0.29) is 5.91 Å². The van der Waals surface area contributed by atoms with E-state index in [2.05, 4.69) is 20.9 Å². The molecule has 22 heavy (non-hydrogen) atoms. The van der Waals surface area contributed by atoms with Crippen molar-refractivity contribution in [1.29, 1.82) is 0 Å². The highest BCUT2D eigenvalue weighted by molar-refractivity contribution is 5.95. The van der Waals surface area contributed by atoms with Gasteiger partial charge in [-0.2, -0.15) is 0 Å². The van der Waals surface area contributed by atoms with E-state index in [1.807, 2.05) is 0 Å². The van der Waals surface area contributed by atoms with Crippen LogP contribution in [0.4, 0.5) is 10.5 Å². The van der Waals surface area contributed by atoms with Crippen molar-refractivity contribution in [2.24, 2.45) is 0 Å². The number of amides is 3. The molecule has 0 radical (unpaired) electrons. The predicted molar refractivity (Wildman–Crippen MR) is 81.5 cm³/mol. The number of hydrogen-bond acceptors (Lipinski definition) is 4. The maximum Gasteiger partial charge on any atom is 0.319 e. The molecule has 3 amide bonds. The van der Waals surface area contributed by atoms with Crippen molar-refractivity contribution in [3.8, 4) is 0 Å². The molecule has 2 heterocycles. The van der Waals surface area contributed by atoms with Crippen LogP contribution in [0.15, 0.2) is 22.6 Å². The smallest absolute Gasteiger partial charge is 0.319 e. The fraction of sp³-hybridized carbons (Fsp3) is 0.400. The van der Waals surface area contributed by atoms with Crippen molar-refractivity contribution in [3.63, 3.8) is 0 Å². The number of oxazole rings is 1. The summed E-state index contributed by atoms with van der Waals surface area (Å²) >= 11 is 0. The summed E-state index contributed by atoms with van der Waals surface area (Å²) in [7, 11) is 0. The Morgan fingerprint density at radius 2 is 2.27 bits per heavy atom. The third-order valence-corrected chi connectivity index (χ3v) is 3.59. The van der Waals surface area contributed by atoms with Gasteiger partial charge in [-0.05, 0) is 37.5 Å². The number of anilines is 1. The molecule has 0 spiro atoms. The molecule has 0 unspecified atom stereocenters. The van der Waals surface area contributed by atoms with Gasteiger partial charge >= 0.3 is 6.03 Å². The van der Waals surface area contributed by atoms with Crippen molar-refractivity contribution in [3.05, 3.63) is 24.1 Å². The summed E-state index contributed by atoms with van der Waals surface area (Å²) in [6.07, 6.45) is 2.50. The summed E-state index contributed by atoms with van der Waals surface area (Å²) in [5, 5.41) is 8.21. The molecule has 1 aromatic heterocycles. The highest BCUT2D eigenvalue weighted by atomic mass is 16.3. The first-order valence-electron chi connectivity index (χ1n) is 7.34. The van der Waals surface area contributed by atoms with Crippen molar-refractivity contribution >= 4 is 28.7 Å². The minimum Gasteiger partial charge on any atom is -0.441 e. The normalized spacial score (nSPS) is 18.6. The fourth-order valence-corrected chi connectivity index (χ4v) is 2.52. The Morgan fingerprint density at radius 1 is 1.41 bits per heavy atom. The third-order valence-electron chi connectivity index (χ3n) is 3.59. The van der Waals surface area contributed by atoms with Gasteiger partial charge in [0.15, 0.2) is 11.5 Å². The molecule has 3 N–H and O–H groups in total. The standard InChI is InChI=1S/C15H18N4O3/c1-9-17-12-8-10(5-6-13(12)22-9)18-15(21)19-11-4-2-3-7-16-14(11)20/h5-6,8,11H,2-4,7H2,1H3,(H,16,20)(H2,18,19,21)/t11-/m0/s1. The van der Waals surface area contributed by atoms with Gasteiger partial charge in [-0.15, -0.1) is 0 Å². The Bertz CT molecular complexity index is 710. The monoisotopic (exact) mass is 302 g/mol. The van der Waals surface area contributed by atoms with Crippen LogP contribution in [0.2, 0.25) is 0 Å². The molecule has 0 saturated carbocycles. The zero-order valence-electron chi connectivity index (χ0n) is 12.3. The summed E-state index contributed by atoms with van der Waals surface area (Å²) in [6.45, 7) is 2.44. The lowest BCUT2D eigenvalue weighted by Gasteiger charge is -2.15. The molecule has 7 heteroatoms. The number of fused-ring (bicyclic) bond motifs is 1. The second-order valence-electron chi connectivity index (χ2n) is 5.35. The van der Waals surface area contributed by atoms with Gasteiger partial charge in [0, 0.05) is 19.2 Å². The van der Waals surface area contributed by atoms with E-state index in [0.717, 1.165) is 12.8 Å². The minimum atomic E-state index is -0.486. The van der Waals surface area contributed by atoms with Crippen molar-refractivity contribution < 1.29 is 14.0 Å². The first-order chi connectivity index (χ1) is 10.6. The number of carbonyl (C=O) groups is 2. The molecule has 1 fully saturated rings. The molecule has 1 aliphatic heterocycles. The molecule has 116 valence electrons. The van der Waals surface area contributed by atoms with Crippen LogP contribution in [0.25, 0.3) is 11.1 Å².